The summed E-state index contributed by atoms with van der Waals surface area (Å²) in [5, 5.41) is 10.6. The summed E-state index contributed by atoms with van der Waals surface area (Å²) in [7, 11) is 0. The van der Waals surface area contributed by atoms with Crippen LogP contribution >= 0.6 is 27.3 Å². The van der Waals surface area contributed by atoms with Crippen molar-refractivity contribution < 1.29 is 9.53 Å². The molecule has 0 spiro atoms. The number of aromatic nitrogens is 2. The average molecular weight is 342 g/mol. The topological polar surface area (TPSA) is 64.1 Å². The van der Waals surface area contributed by atoms with Crippen LogP contribution in [0, 0.1) is 0 Å². The van der Waals surface area contributed by atoms with Crippen LogP contribution in [0.5, 0.6) is 5.75 Å². The maximum Gasteiger partial charge on any atom is 0.226 e. The third-order valence-corrected chi connectivity index (χ3v) is 3.37. The molecule has 0 aliphatic carbocycles. The van der Waals surface area contributed by atoms with E-state index >= 15 is 0 Å². The zero-order valence-corrected chi connectivity index (χ0v) is 12.4. The monoisotopic (exact) mass is 341 g/mol. The standard InChI is InChI=1S/C12H12BrN3O2S/c13-9-3-5-10(6-4-9)18-7-1-2-11(17)15-12-16-14-8-19-12/h3-6,8H,1-2,7H2,(H,15,16,17). The molecule has 1 amide bonds. The predicted molar refractivity (Wildman–Crippen MR) is 77.4 cm³/mol. The van der Waals surface area contributed by atoms with Gasteiger partial charge in [-0.3, -0.25) is 4.79 Å². The average Bonchev–Trinajstić information content (AvgIpc) is 2.89. The zero-order chi connectivity index (χ0) is 13.5. The van der Waals surface area contributed by atoms with Crippen LogP contribution in [-0.4, -0.2) is 22.7 Å². The van der Waals surface area contributed by atoms with Gasteiger partial charge < -0.3 is 10.1 Å². The lowest BCUT2D eigenvalue weighted by Gasteiger charge is -2.05. The van der Waals surface area contributed by atoms with Gasteiger partial charge in [0.2, 0.25) is 11.0 Å². The fourth-order valence-corrected chi connectivity index (χ4v) is 2.09. The minimum atomic E-state index is -0.0730. The Morgan fingerprint density at radius 2 is 2.16 bits per heavy atom. The number of ether oxygens (including phenoxy) is 1. The van der Waals surface area contributed by atoms with Gasteiger partial charge in [-0.2, -0.15) is 0 Å². The van der Waals surface area contributed by atoms with Crippen molar-refractivity contribution in [1.29, 1.82) is 0 Å². The van der Waals surface area contributed by atoms with Crippen LogP contribution in [0.15, 0.2) is 34.2 Å². The van der Waals surface area contributed by atoms with Crippen LogP contribution in [0.2, 0.25) is 0 Å². The highest BCUT2D eigenvalue weighted by molar-refractivity contribution is 9.10. The smallest absolute Gasteiger partial charge is 0.226 e. The van der Waals surface area contributed by atoms with E-state index < -0.39 is 0 Å². The van der Waals surface area contributed by atoms with E-state index in [1.807, 2.05) is 24.3 Å². The maximum absolute atomic E-state index is 11.5. The molecule has 0 saturated heterocycles. The molecular weight excluding hydrogens is 330 g/mol. The van der Waals surface area contributed by atoms with E-state index in [1.54, 1.807) is 5.51 Å². The van der Waals surface area contributed by atoms with Crippen molar-refractivity contribution in [3.8, 4) is 5.75 Å². The summed E-state index contributed by atoms with van der Waals surface area (Å²) in [6.07, 6.45) is 1.05. The predicted octanol–water partition coefficient (Wildman–Crippen LogP) is 3.10. The summed E-state index contributed by atoms with van der Waals surface area (Å²) in [4.78, 5) is 11.5. The fourth-order valence-electron chi connectivity index (χ4n) is 1.36. The first-order chi connectivity index (χ1) is 9.24. The number of benzene rings is 1. The van der Waals surface area contributed by atoms with Gasteiger partial charge in [-0.25, -0.2) is 0 Å². The molecule has 0 fully saturated rings. The number of nitrogens with one attached hydrogen (secondary N) is 1. The van der Waals surface area contributed by atoms with Crippen molar-refractivity contribution >= 4 is 38.3 Å². The first-order valence-electron chi connectivity index (χ1n) is 5.68. The molecule has 1 heterocycles. The molecule has 1 aromatic carbocycles. The Hall–Kier alpha value is -1.47. The Morgan fingerprint density at radius 3 is 2.84 bits per heavy atom. The molecule has 7 heteroatoms. The Balaban J connectivity index is 1.64. The Morgan fingerprint density at radius 1 is 1.37 bits per heavy atom. The van der Waals surface area contributed by atoms with E-state index in [2.05, 4.69) is 31.4 Å². The quantitative estimate of drug-likeness (QED) is 0.820. The summed E-state index contributed by atoms with van der Waals surface area (Å²) in [5.41, 5.74) is 1.58. The summed E-state index contributed by atoms with van der Waals surface area (Å²) in [5.74, 6) is 0.726. The number of anilines is 1. The minimum Gasteiger partial charge on any atom is -0.494 e. The number of rotatable bonds is 6. The van der Waals surface area contributed by atoms with Crippen molar-refractivity contribution in [2.24, 2.45) is 0 Å². The summed E-state index contributed by atoms with van der Waals surface area (Å²) in [6, 6.07) is 7.59. The van der Waals surface area contributed by atoms with Crippen LogP contribution in [0.1, 0.15) is 12.8 Å². The van der Waals surface area contributed by atoms with Gasteiger partial charge >= 0.3 is 0 Å². The number of carbonyl (C=O) groups excluding carboxylic acids is 1. The fraction of sp³-hybridized carbons (Fsp3) is 0.250. The zero-order valence-electron chi connectivity index (χ0n) is 10.0. The van der Waals surface area contributed by atoms with Gasteiger partial charge in [0.1, 0.15) is 11.3 Å². The molecule has 0 atom stereocenters. The molecule has 2 rings (SSSR count). The van der Waals surface area contributed by atoms with Crippen molar-refractivity contribution in [3.05, 3.63) is 34.2 Å². The van der Waals surface area contributed by atoms with Gasteiger partial charge in [0.05, 0.1) is 6.61 Å². The molecule has 0 aliphatic heterocycles. The van der Waals surface area contributed by atoms with E-state index in [0.717, 1.165) is 10.2 Å². The molecule has 19 heavy (non-hydrogen) atoms. The number of amides is 1. The van der Waals surface area contributed by atoms with Crippen LogP contribution in [0.3, 0.4) is 0 Å². The van der Waals surface area contributed by atoms with E-state index in [4.69, 9.17) is 4.74 Å². The van der Waals surface area contributed by atoms with Crippen LogP contribution in [-0.2, 0) is 4.79 Å². The van der Waals surface area contributed by atoms with Crippen LogP contribution in [0.4, 0.5) is 5.13 Å². The molecular formula is C12H12BrN3O2S. The van der Waals surface area contributed by atoms with E-state index in [-0.39, 0.29) is 5.91 Å². The SMILES string of the molecule is O=C(CCCOc1ccc(Br)cc1)Nc1nncs1. The van der Waals surface area contributed by atoms with Gasteiger partial charge in [-0.15, -0.1) is 10.2 Å². The lowest BCUT2D eigenvalue weighted by atomic mass is 10.3. The van der Waals surface area contributed by atoms with Crippen LogP contribution in [0.25, 0.3) is 0 Å². The van der Waals surface area contributed by atoms with E-state index in [1.165, 1.54) is 11.3 Å². The first kappa shape index (κ1) is 14.0. The highest BCUT2D eigenvalue weighted by Gasteiger charge is 2.04. The highest BCUT2D eigenvalue weighted by Crippen LogP contribution is 2.16. The molecule has 1 aromatic heterocycles. The summed E-state index contributed by atoms with van der Waals surface area (Å²) >= 11 is 4.65. The maximum atomic E-state index is 11.5. The normalized spacial score (nSPS) is 10.2. The number of halogens is 1. The molecule has 0 bridgehead atoms. The lowest BCUT2D eigenvalue weighted by Crippen LogP contribution is -2.12. The molecule has 0 saturated carbocycles. The molecule has 0 aliphatic rings. The van der Waals surface area contributed by atoms with Crippen molar-refractivity contribution in [2.75, 3.05) is 11.9 Å². The highest BCUT2D eigenvalue weighted by atomic mass is 79.9. The second-order valence-electron chi connectivity index (χ2n) is 3.70. The summed E-state index contributed by atoms with van der Waals surface area (Å²) < 4.78 is 6.53. The second kappa shape index (κ2) is 7.20. The van der Waals surface area contributed by atoms with Gasteiger partial charge in [0, 0.05) is 10.9 Å². The molecule has 0 radical (unpaired) electrons. The third kappa shape index (κ3) is 4.96. The molecule has 0 unspecified atom stereocenters. The van der Waals surface area contributed by atoms with Gasteiger partial charge in [-0.1, -0.05) is 27.3 Å². The number of nitrogens with zero attached hydrogens (tertiary/aromatic N) is 2. The van der Waals surface area contributed by atoms with E-state index in [0.29, 0.717) is 24.6 Å². The van der Waals surface area contributed by atoms with Gasteiger partial charge in [0.15, 0.2) is 0 Å². The molecule has 100 valence electrons. The van der Waals surface area contributed by atoms with Gasteiger partial charge in [0.25, 0.3) is 0 Å². The minimum absolute atomic E-state index is 0.0730. The number of hydrogen-bond acceptors (Lipinski definition) is 5. The molecule has 1 N–H and O–H groups in total. The van der Waals surface area contributed by atoms with Crippen molar-refractivity contribution in [2.45, 2.75) is 12.8 Å². The Kier molecular flexibility index (Phi) is 5.29. The van der Waals surface area contributed by atoms with Gasteiger partial charge in [-0.05, 0) is 30.7 Å². The molecule has 2 aromatic rings. The van der Waals surface area contributed by atoms with Crippen molar-refractivity contribution in [1.82, 2.24) is 10.2 Å². The Labute approximate surface area is 123 Å². The third-order valence-electron chi connectivity index (χ3n) is 2.24. The lowest BCUT2D eigenvalue weighted by molar-refractivity contribution is -0.116. The summed E-state index contributed by atoms with van der Waals surface area (Å²) in [6.45, 7) is 0.505. The second-order valence-corrected chi connectivity index (χ2v) is 5.45. The van der Waals surface area contributed by atoms with E-state index in [9.17, 15) is 4.79 Å². The van der Waals surface area contributed by atoms with Crippen LogP contribution < -0.4 is 10.1 Å². The number of carbonyl (C=O) groups is 1. The first-order valence-corrected chi connectivity index (χ1v) is 7.36. The molecule has 5 nitrogen and oxygen atoms in total. The number of hydrogen-bond donors (Lipinski definition) is 1. The van der Waals surface area contributed by atoms with Crippen molar-refractivity contribution in [3.63, 3.8) is 0 Å². The largest absolute Gasteiger partial charge is 0.494 e. The Bertz CT molecular complexity index is 516.